The number of allylic oxidation sites excluding steroid dienone is 1. The summed E-state index contributed by atoms with van der Waals surface area (Å²) in [4.78, 5) is 24.2. The first-order chi connectivity index (χ1) is 14.1. The second-order valence-electron chi connectivity index (χ2n) is 6.82. The van der Waals surface area contributed by atoms with Crippen LogP contribution in [-0.2, 0) is 24.2 Å². The van der Waals surface area contributed by atoms with E-state index >= 15 is 0 Å². The smallest absolute Gasteiger partial charge is 0.407 e. The van der Waals surface area contributed by atoms with E-state index in [2.05, 4.69) is 44.6 Å². The van der Waals surface area contributed by atoms with Gasteiger partial charge in [0.2, 0.25) is 5.28 Å². The van der Waals surface area contributed by atoms with Gasteiger partial charge in [-0.15, -0.1) is 0 Å². The average Bonchev–Trinajstić information content (AvgIpc) is 3.32. The molecule has 3 N–H and O–H groups in total. The first-order valence-electron chi connectivity index (χ1n) is 9.43. The molecule has 0 bridgehead atoms. The van der Waals surface area contributed by atoms with Crippen LogP contribution in [0, 0.1) is 0 Å². The molecular formula is C20H21ClN6O2. The summed E-state index contributed by atoms with van der Waals surface area (Å²) >= 11 is 5.86. The first-order valence-corrected chi connectivity index (χ1v) is 9.81. The topological polar surface area (TPSA) is 108 Å². The minimum Gasteiger partial charge on any atom is -0.450 e. The second kappa shape index (κ2) is 8.48. The number of ether oxygens (including phenoxy) is 1. The Morgan fingerprint density at radius 3 is 3.10 bits per heavy atom. The summed E-state index contributed by atoms with van der Waals surface area (Å²) < 4.78 is 7.11. The number of hydrogen-bond acceptors (Lipinski definition) is 6. The van der Waals surface area contributed by atoms with Crippen molar-refractivity contribution in [3.63, 3.8) is 0 Å². The van der Waals surface area contributed by atoms with E-state index in [-0.39, 0.29) is 11.1 Å². The van der Waals surface area contributed by atoms with Crippen molar-refractivity contribution in [2.24, 2.45) is 0 Å². The van der Waals surface area contributed by atoms with Crippen molar-refractivity contribution in [1.82, 2.24) is 24.8 Å². The molecular weight excluding hydrogens is 392 g/mol. The maximum Gasteiger partial charge on any atom is 0.407 e. The molecule has 1 aliphatic carbocycles. The minimum atomic E-state index is -0.415. The maximum atomic E-state index is 11.9. The molecule has 0 saturated carbocycles. The normalized spacial score (nSPS) is 12.3. The number of alkyl carbamates (subject to hydrolysis) is 1. The Morgan fingerprint density at radius 2 is 2.21 bits per heavy atom. The molecule has 2 heterocycles. The Labute approximate surface area is 172 Å². The standard InChI is InChI=1S/C20H21ClN6O2/c21-19-25-17(22)16-18(26-19)27(12-24-16)8-1-2-9-29-20(28)23-11-13-6-7-14-4-3-5-15(14)10-13/h3,5-7,10,12H,1-2,4,8-9,11H2,(H,23,28)(H2,22,25,26). The van der Waals surface area contributed by atoms with Crippen LogP contribution in [0.5, 0.6) is 0 Å². The monoisotopic (exact) mass is 412 g/mol. The summed E-state index contributed by atoms with van der Waals surface area (Å²) in [6, 6.07) is 6.23. The number of anilines is 1. The third-order valence-electron chi connectivity index (χ3n) is 4.77. The lowest BCUT2D eigenvalue weighted by molar-refractivity contribution is 0.143. The van der Waals surface area contributed by atoms with Gasteiger partial charge >= 0.3 is 6.09 Å². The van der Waals surface area contributed by atoms with E-state index in [0.717, 1.165) is 18.4 Å². The maximum absolute atomic E-state index is 11.9. The van der Waals surface area contributed by atoms with Crippen LogP contribution in [0.15, 0.2) is 30.6 Å². The molecule has 2 aromatic heterocycles. The number of rotatable bonds is 7. The van der Waals surface area contributed by atoms with Crippen LogP contribution in [-0.4, -0.2) is 32.2 Å². The number of aromatic nitrogens is 4. The number of fused-ring (bicyclic) bond motifs is 2. The van der Waals surface area contributed by atoms with Gasteiger partial charge in [-0.1, -0.05) is 24.3 Å². The number of nitrogens with zero attached hydrogens (tertiary/aromatic N) is 4. The molecule has 0 radical (unpaired) electrons. The molecule has 1 aliphatic rings. The molecule has 0 atom stereocenters. The molecule has 0 fully saturated rings. The molecule has 0 saturated heterocycles. The van der Waals surface area contributed by atoms with E-state index in [4.69, 9.17) is 22.1 Å². The molecule has 0 unspecified atom stereocenters. The van der Waals surface area contributed by atoms with Gasteiger partial charge in [0.15, 0.2) is 11.5 Å². The Morgan fingerprint density at radius 1 is 1.31 bits per heavy atom. The lowest BCUT2D eigenvalue weighted by atomic mass is 10.1. The van der Waals surface area contributed by atoms with E-state index in [9.17, 15) is 4.79 Å². The zero-order chi connectivity index (χ0) is 20.2. The van der Waals surface area contributed by atoms with Crippen molar-refractivity contribution < 1.29 is 9.53 Å². The van der Waals surface area contributed by atoms with Crippen LogP contribution >= 0.6 is 11.6 Å². The van der Waals surface area contributed by atoms with Crippen molar-refractivity contribution >= 4 is 40.8 Å². The number of benzene rings is 1. The Balaban J connectivity index is 1.18. The van der Waals surface area contributed by atoms with E-state index in [1.165, 1.54) is 11.1 Å². The van der Waals surface area contributed by atoms with Gasteiger partial charge in [0.1, 0.15) is 5.52 Å². The summed E-state index contributed by atoms with van der Waals surface area (Å²) in [6.45, 7) is 1.45. The summed E-state index contributed by atoms with van der Waals surface area (Å²) in [7, 11) is 0. The van der Waals surface area contributed by atoms with E-state index in [1.807, 2.05) is 10.6 Å². The third-order valence-corrected chi connectivity index (χ3v) is 4.94. The molecule has 1 aromatic carbocycles. The van der Waals surface area contributed by atoms with Gasteiger partial charge in [0, 0.05) is 13.1 Å². The molecule has 1 amide bonds. The Bertz CT molecular complexity index is 1080. The zero-order valence-corrected chi connectivity index (χ0v) is 16.5. The highest BCUT2D eigenvalue weighted by Crippen LogP contribution is 2.21. The van der Waals surface area contributed by atoms with Crippen molar-refractivity contribution in [3.8, 4) is 0 Å². The van der Waals surface area contributed by atoms with Crippen molar-refractivity contribution in [2.75, 3.05) is 12.3 Å². The van der Waals surface area contributed by atoms with Crippen LogP contribution in [0.4, 0.5) is 10.6 Å². The van der Waals surface area contributed by atoms with Gasteiger partial charge in [-0.05, 0) is 53.6 Å². The molecule has 150 valence electrons. The number of halogens is 1. The molecule has 8 nitrogen and oxygen atoms in total. The van der Waals surface area contributed by atoms with Gasteiger partial charge in [-0.25, -0.2) is 9.78 Å². The van der Waals surface area contributed by atoms with E-state index in [0.29, 0.717) is 37.3 Å². The quantitative estimate of drug-likeness (QED) is 0.455. The van der Waals surface area contributed by atoms with Gasteiger partial charge < -0.3 is 20.4 Å². The fourth-order valence-electron chi connectivity index (χ4n) is 3.28. The number of nitrogens with one attached hydrogen (secondary N) is 1. The van der Waals surface area contributed by atoms with E-state index < -0.39 is 6.09 Å². The average molecular weight is 413 g/mol. The number of aryl methyl sites for hydroxylation is 1. The highest BCUT2D eigenvalue weighted by molar-refractivity contribution is 6.28. The van der Waals surface area contributed by atoms with Gasteiger partial charge in [0.25, 0.3) is 0 Å². The number of unbranched alkanes of at least 4 members (excludes halogenated alkanes) is 1. The number of carbonyl (C=O) groups excluding carboxylic acids is 1. The number of amides is 1. The number of nitrogens with two attached hydrogens (primary N) is 1. The lowest BCUT2D eigenvalue weighted by Crippen LogP contribution is -2.24. The van der Waals surface area contributed by atoms with Crippen molar-refractivity contribution in [1.29, 1.82) is 0 Å². The third kappa shape index (κ3) is 4.48. The highest BCUT2D eigenvalue weighted by atomic mass is 35.5. The molecule has 0 spiro atoms. The summed E-state index contributed by atoms with van der Waals surface area (Å²) in [5.74, 6) is 0.262. The predicted molar refractivity (Wildman–Crippen MR) is 111 cm³/mol. The second-order valence-corrected chi connectivity index (χ2v) is 7.16. The van der Waals surface area contributed by atoms with Gasteiger partial charge in [-0.3, -0.25) is 0 Å². The predicted octanol–water partition coefficient (Wildman–Crippen LogP) is 3.34. The van der Waals surface area contributed by atoms with Gasteiger partial charge in [-0.2, -0.15) is 9.97 Å². The molecule has 4 rings (SSSR count). The van der Waals surface area contributed by atoms with Crippen LogP contribution in [0.1, 0.15) is 29.5 Å². The highest BCUT2D eigenvalue weighted by Gasteiger charge is 2.10. The van der Waals surface area contributed by atoms with Crippen LogP contribution in [0.25, 0.3) is 17.2 Å². The van der Waals surface area contributed by atoms with Crippen LogP contribution < -0.4 is 11.1 Å². The van der Waals surface area contributed by atoms with Crippen molar-refractivity contribution in [2.45, 2.75) is 32.4 Å². The van der Waals surface area contributed by atoms with Gasteiger partial charge in [0.05, 0.1) is 12.9 Å². The molecule has 3 aromatic rings. The minimum absolute atomic E-state index is 0.0937. The summed E-state index contributed by atoms with van der Waals surface area (Å²) in [6.07, 6.45) is 7.97. The zero-order valence-electron chi connectivity index (χ0n) is 15.8. The Hall–Kier alpha value is -3.13. The molecule has 0 aliphatic heterocycles. The number of carbonyl (C=O) groups is 1. The summed E-state index contributed by atoms with van der Waals surface area (Å²) in [5, 5.41) is 2.88. The largest absolute Gasteiger partial charge is 0.450 e. The fraction of sp³-hybridized carbons (Fsp3) is 0.300. The van der Waals surface area contributed by atoms with Crippen LogP contribution in [0.3, 0.4) is 0 Å². The number of imidazole rings is 1. The Kier molecular flexibility index (Phi) is 5.62. The SMILES string of the molecule is Nc1nc(Cl)nc2c1ncn2CCCCOC(=O)NCc1ccc2c(c1)C=CC2. The lowest BCUT2D eigenvalue weighted by Gasteiger charge is -2.09. The number of hydrogen-bond donors (Lipinski definition) is 2. The molecule has 9 heteroatoms. The van der Waals surface area contributed by atoms with E-state index in [1.54, 1.807) is 6.33 Å². The first kappa shape index (κ1) is 19.2. The fourth-order valence-corrected chi connectivity index (χ4v) is 3.46. The number of nitrogen functional groups attached to an aromatic ring is 1. The summed E-state index contributed by atoms with van der Waals surface area (Å²) in [5.41, 5.74) is 10.5. The molecule has 29 heavy (non-hydrogen) atoms. The van der Waals surface area contributed by atoms with Crippen molar-refractivity contribution in [3.05, 3.63) is 52.6 Å². The van der Waals surface area contributed by atoms with Crippen LogP contribution in [0.2, 0.25) is 5.28 Å².